The van der Waals surface area contributed by atoms with Gasteiger partial charge in [0.05, 0.1) is 12.2 Å². The van der Waals surface area contributed by atoms with Crippen molar-refractivity contribution in [3.8, 4) is 5.69 Å². The van der Waals surface area contributed by atoms with Gasteiger partial charge in [-0.3, -0.25) is 0 Å². The van der Waals surface area contributed by atoms with Crippen molar-refractivity contribution in [2.75, 3.05) is 13.1 Å². The molecule has 1 aliphatic heterocycles. The predicted molar refractivity (Wildman–Crippen MR) is 98.2 cm³/mol. The lowest BCUT2D eigenvalue weighted by Crippen LogP contribution is -2.31. The van der Waals surface area contributed by atoms with E-state index in [4.69, 9.17) is 0 Å². The fraction of sp³-hybridized carbons (Fsp3) is 0.300. The first-order chi connectivity index (χ1) is 12.7. The van der Waals surface area contributed by atoms with Gasteiger partial charge in [0.2, 0.25) is 0 Å². The van der Waals surface area contributed by atoms with E-state index in [1.54, 1.807) is 16.7 Å². The first kappa shape index (κ1) is 16.7. The third-order valence-electron chi connectivity index (χ3n) is 4.79. The Labute approximate surface area is 151 Å². The summed E-state index contributed by atoms with van der Waals surface area (Å²) in [6, 6.07) is 15.8. The third-order valence-corrected chi connectivity index (χ3v) is 4.79. The van der Waals surface area contributed by atoms with Crippen LogP contribution in [-0.2, 0) is 6.54 Å². The number of rotatable bonds is 4. The van der Waals surface area contributed by atoms with Crippen LogP contribution >= 0.6 is 0 Å². The highest BCUT2D eigenvalue weighted by atomic mass is 19.1. The van der Waals surface area contributed by atoms with Crippen molar-refractivity contribution < 1.29 is 4.39 Å². The zero-order chi connectivity index (χ0) is 17.9. The van der Waals surface area contributed by atoms with Crippen LogP contribution in [-0.4, -0.2) is 27.4 Å². The summed E-state index contributed by atoms with van der Waals surface area (Å²) in [7, 11) is 0. The van der Waals surface area contributed by atoms with Gasteiger partial charge in [0.1, 0.15) is 11.6 Å². The van der Waals surface area contributed by atoms with Crippen molar-refractivity contribution in [2.45, 2.75) is 25.3 Å². The van der Waals surface area contributed by atoms with E-state index >= 15 is 0 Å². The van der Waals surface area contributed by atoms with Crippen molar-refractivity contribution in [3.63, 3.8) is 0 Å². The zero-order valence-electron chi connectivity index (χ0n) is 14.4. The van der Waals surface area contributed by atoms with E-state index in [0.29, 0.717) is 6.54 Å². The number of hydrogen-bond donors (Lipinski definition) is 1. The van der Waals surface area contributed by atoms with Crippen LogP contribution in [0.3, 0.4) is 0 Å². The second-order valence-corrected chi connectivity index (χ2v) is 6.64. The summed E-state index contributed by atoms with van der Waals surface area (Å²) in [5.74, 6) is 0.700. The molecule has 0 radical (unpaired) electrons. The van der Waals surface area contributed by atoms with Gasteiger partial charge in [-0.2, -0.15) is 5.10 Å². The van der Waals surface area contributed by atoms with E-state index in [1.165, 1.54) is 16.8 Å². The molecule has 1 atom stereocenters. The van der Waals surface area contributed by atoms with Gasteiger partial charge >= 0.3 is 5.69 Å². The van der Waals surface area contributed by atoms with Gasteiger partial charge in [-0.15, -0.1) is 0 Å². The molecule has 5 nitrogen and oxygen atoms in total. The Kier molecular flexibility index (Phi) is 4.67. The number of nitrogens with zero attached hydrogens (tertiary/aromatic N) is 3. The molecule has 1 N–H and O–H groups in total. The maximum absolute atomic E-state index is 13.1. The molecule has 6 heteroatoms. The molecule has 1 saturated heterocycles. The van der Waals surface area contributed by atoms with Crippen LogP contribution < -0.4 is 11.0 Å². The van der Waals surface area contributed by atoms with Crippen LogP contribution in [0.15, 0.2) is 59.4 Å². The molecule has 0 unspecified atom stereocenters. The number of aromatic nitrogens is 3. The van der Waals surface area contributed by atoms with Gasteiger partial charge in [-0.25, -0.2) is 18.4 Å². The van der Waals surface area contributed by atoms with Crippen LogP contribution in [0.1, 0.15) is 30.1 Å². The highest BCUT2D eigenvalue weighted by Gasteiger charge is 2.24. The maximum Gasteiger partial charge on any atom is 0.350 e. The first-order valence-electron chi connectivity index (χ1n) is 8.93. The molecule has 134 valence electrons. The fourth-order valence-electron chi connectivity index (χ4n) is 3.45. The second kappa shape index (κ2) is 7.25. The molecule has 1 aromatic heterocycles. The Morgan fingerprint density at radius 2 is 1.88 bits per heavy atom. The van der Waals surface area contributed by atoms with Gasteiger partial charge in [-0.1, -0.05) is 30.3 Å². The molecule has 0 spiro atoms. The SMILES string of the molecule is O=c1n(Cc2ccc(F)cc2)nc([C@@H]2CCCNC2)n1-c1ccccc1. The van der Waals surface area contributed by atoms with Gasteiger partial charge in [0.25, 0.3) is 0 Å². The van der Waals surface area contributed by atoms with E-state index in [-0.39, 0.29) is 17.4 Å². The summed E-state index contributed by atoms with van der Waals surface area (Å²) in [6.45, 7) is 2.15. The molecule has 0 saturated carbocycles. The normalized spacial score (nSPS) is 17.3. The highest BCUT2D eigenvalue weighted by molar-refractivity contribution is 5.33. The molecule has 0 aliphatic carbocycles. The summed E-state index contributed by atoms with van der Waals surface area (Å²) in [4.78, 5) is 13.1. The van der Waals surface area contributed by atoms with E-state index in [1.807, 2.05) is 30.3 Å². The Morgan fingerprint density at radius 3 is 2.58 bits per heavy atom. The quantitative estimate of drug-likeness (QED) is 0.785. The van der Waals surface area contributed by atoms with Crippen LogP contribution in [0.4, 0.5) is 4.39 Å². The minimum atomic E-state index is -0.287. The van der Waals surface area contributed by atoms with Crippen molar-refractivity contribution in [2.24, 2.45) is 0 Å². The summed E-state index contributed by atoms with van der Waals surface area (Å²) in [5, 5.41) is 8.05. The molecule has 2 aromatic carbocycles. The average Bonchev–Trinajstić information content (AvgIpc) is 3.01. The van der Waals surface area contributed by atoms with Crippen LogP contribution in [0, 0.1) is 5.82 Å². The third kappa shape index (κ3) is 3.32. The van der Waals surface area contributed by atoms with Gasteiger partial charge in [-0.05, 0) is 49.2 Å². The van der Waals surface area contributed by atoms with Gasteiger partial charge in [0, 0.05) is 12.5 Å². The van der Waals surface area contributed by atoms with Crippen LogP contribution in [0.25, 0.3) is 5.69 Å². The van der Waals surface area contributed by atoms with E-state index < -0.39 is 0 Å². The minimum absolute atomic E-state index is 0.166. The molecule has 26 heavy (non-hydrogen) atoms. The molecule has 1 aliphatic rings. The number of halogens is 1. The molecule has 1 fully saturated rings. The number of para-hydroxylation sites is 1. The minimum Gasteiger partial charge on any atom is -0.316 e. The molecule has 3 aromatic rings. The maximum atomic E-state index is 13.1. The Bertz CT molecular complexity index is 925. The largest absolute Gasteiger partial charge is 0.350 e. The monoisotopic (exact) mass is 352 g/mol. The number of benzene rings is 2. The van der Waals surface area contributed by atoms with E-state index in [9.17, 15) is 9.18 Å². The van der Waals surface area contributed by atoms with Crippen LogP contribution in [0.5, 0.6) is 0 Å². The lowest BCUT2D eigenvalue weighted by Gasteiger charge is -2.22. The molecule has 2 heterocycles. The topological polar surface area (TPSA) is 51.9 Å². The zero-order valence-corrected chi connectivity index (χ0v) is 14.4. The van der Waals surface area contributed by atoms with E-state index in [0.717, 1.165) is 43.0 Å². The molecule has 0 bridgehead atoms. The smallest absolute Gasteiger partial charge is 0.316 e. The average molecular weight is 352 g/mol. The molecular formula is C20H21FN4O. The van der Waals surface area contributed by atoms with Crippen molar-refractivity contribution in [1.29, 1.82) is 0 Å². The highest BCUT2D eigenvalue weighted by Crippen LogP contribution is 2.23. The lowest BCUT2D eigenvalue weighted by molar-refractivity contribution is 0.439. The first-order valence-corrected chi connectivity index (χ1v) is 8.93. The number of nitrogens with one attached hydrogen (secondary N) is 1. The number of hydrogen-bond acceptors (Lipinski definition) is 3. The fourth-order valence-corrected chi connectivity index (χ4v) is 3.45. The Morgan fingerprint density at radius 1 is 1.12 bits per heavy atom. The molecule has 0 amide bonds. The molecule has 4 rings (SSSR count). The lowest BCUT2D eigenvalue weighted by atomic mass is 9.99. The Hall–Kier alpha value is -2.73. The summed E-state index contributed by atoms with van der Waals surface area (Å²) >= 11 is 0. The van der Waals surface area contributed by atoms with Crippen molar-refractivity contribution in [3.05, 3.63) is 82.3 Å². The van der Waals surface area contributed by atoms with E-state index in [2.05, 4.69) is 10.4 Å². The predicted octanol–water partition coefficient (Wildman–Crippen LogP) is 2.69. The molecular weight excluding hydrogens is 331 g/mol. The standard InChI is InChI=1S/C20H21FN4O/c21-17-10-8-15(9-11-17)14-24-20(26)25(18-6-2-1-3-7-18)19(23-24)16-5-4-12-22-13-16/h1-3,6-11,16,22H,4-5,12-14H2/t16-/m1/s1. The number of piperidine rings is 1. The summed E-state index contributed by atoms with van der Waals surface area (Å²) in [6.07, 6.45) is 2.07. The van der Waals surface area contributed by atoms with Crippen molar-refractivity contribution >= 4 is 0 Å². The van der Waals surface area contributed by atoms with Gasteiger partial charge in [0.15, 0.2) is 0 Å². The van der Waals surface area contributed by atoms with Gasteiger partial charge < -0.3 is 5.32 Å². The summed E-state index contributed by atoms with van der Waals surface area (Å²) < 4.78 is 16.3. The Balaban J connectivity index is 1.76. The second-order valence-electron chi connectivity index (χ2n) is 6.64. The van der Waals surface area contributed by atoms with Crippen LogP contribution in [0.2, 0.25) is 0 Å². The summed E-state index contributed by atoms with van der Waals surface area (Å²) in [5.41, 5.74) is 1.50. The van der Waals surface area contributed by atoms with Crippen molar-refractivity contribution in [1.82, 2.24) is 19.7 Å².